The predicted octanol–water partition coefficient (Wildman–Crippen LogP) is 2.27. The van der Waals surface area contributed by atoms with Crippen molar-refractivity contribution in [3.8, 4) is 0 Å². The van der Waals surface area contributed by atoms with Crippen LogP contribution in [0.4, 0.5) is 0 Å². The molecule has 0 radical (unpaired) electrons. The average Bonchev–Trinajstić information content (AvgIpc) is 2.63. The molecule has 1 atom stereocenters. The van der Waals surface area contributed by atoms with Gasteiger partial charge in [-0.15, -0.1) is 24.8 Å². The summed E-state index contributed by atoms with van der Waals surface area (Å²) in [6.07, 6.45) is 2.32. The molecule has 0 saturated carbocycles. The van der Waals surface area contributed by atoms with E-state index in [2.05, 4.69) is 4.90 Å². The first-order valence-corrected chi connectivity index (χ1v) is 9.01. The number of carbonyl (C=O) groups excluding carboxylic acids is 1. The molecule has 148 valence electrons. The van der Waals surface area contributed by atoms with E-state index in [1.807, 2.05) is 42.2 Å². The standard InChI is InChI=1S/C19H29N3O2.2ClH/c1-19(20,17-5-3-2-4-6-17)18(23)22-11-9-21(10-12-22)15-16-7-13-24-14-8-16;;/h2-6,16H,7-15,20H2,1H3;2*1H. The molecule has 2 saturated heterocycles. The SMILES string of the molecule is CC(N)(C(=O)N1CCN(CC2CCOCC2)CC1)c1ccccc1.Cl.Cl. The molecule has 26 heavy (non-hydrogen) atoms. The number of carbonyl (C=O) groups is 1. The van der Waals surface area contributed by atoms with Gasteiger partial charge in [-0.3, -0.25) is 9.69 Å². The summed E-state index contributed by atoms with van der Waals surface area (Å²) in [5.41, 5.74) is 6.30. The van der Waals surface area contributed by atoms with Crippen molar-refractivity contribution in [3.05, 3.63) is 35.9 Å². The lowest BCUT2D eigenvalue weighted by Gasteiger charge is -2.40. The molecule has 0 aliphatic carbocycles. The number of nitrogens with zero attached hydrogens (tertiary/aromatic N) is 2. The summed E-state index contributed by atoms with van der Waals surface area (Å²) in [5, 5.41) is 0. The summed E-state index contributed by atoms with van der Waals surface area (Å²) in [7, 11) is 0. The Labute approximate surface area is 169 Å². The number of benzene rings is 1. The highest BCUT2D eigenvalue weighted by atomic mass is 35.5. The molecule has 2 fully saturated rings. The number of ether oxygens (including phenoxy) is 1. The molecule has 2 aliphatic heterocycles. The van der Waals surface area contributed by atoms with E-state index in [0.717, 1.165) is 70.3 Å². The van der Waals surface area contributed by atoms with Crippen LogP contribution in [0.1, 0.15) is 25.3 Å². The first-order chi connectivity index (χ1) is 11.6. The Bertz CT molecular complexity index is 543. The minimum absolute atomic E-state index is 0. The van der Waals surface area contributed by atoms with Gasteiger partial charge < -0.3 is 15.4 Å². The van der Waals surface area contributed by atoms with E-state index in [-0.39, 0.29) is 30.7 Å². The van der Waals surface area contributed by atoms with Gasteiger partial charge in [0.15, 0.2) is 0 Å². The summed E-state index contributed by atoms with van der Waals surface area (Å²) in [6, 6.07) is 9.66. The van der Waals surface area contributed by atoms with Crippen molar-refractivity contribution in [3.63, 3.8) is 0 Å². The van der Waals surface area contributed by atoms with Crippen LogP contribution in [0.3, 0.4) is 0 Å². The summed E-state index contributed by atoms with van der Waals surface area (Å²) in [5.74, 6) is 0.768. The van der Waals surface area contributed by atoms with Gasteiger partial charge >= 0.3 is 0 Å². The van der Waals surface area contributed by atoms with Gasteiger partial charge in [0.25, 0.3) is 0 Å². The fourth-order valence-electron chi connectivity index (χ4n) is 3.66. The van der Waals surface area contributed by atoms with Gasteiger partial charge in [-0.1, -0.05) is 30.3 Å². The molecule has 2 heterocycles. The van der Waals surface area contributed by atoms with Crippen LogP contribution >= 0.6 is 24.8 Å². The van der Waals surface area contributed by atoms with Crippen LogP contribution < -0.4 is 5.73 Å². The quantitative estimate of drug-likeness (QED) is 0.837. The predicted molar refractivity (Wildman–Crippen MR) is 109 cm³/mol. The number of hydrogen-bond donors (Lipinski definition) is 1. The molecule has 5 nitrogen and oxygen atoms in total. The van der Waals surface area contributed by atoms with Gasteiger partial charge in [0, 0.05) is 45.9 Å². The minimum atomic E-state index is -0.954. The molecule has 7 heteroatoms. The summed E-state index contributed by atoms with van der Waals surface area (Å²) in [4.78, 5) is 17.3. The molecule has 2 N–H and O–H groups in total. The summed E-state index contributed by atoms with van der Waals surface area (Å²) >= 11 is 0. The van der Waals surface area contributed by atoms with Crippen LogP contribution in [-0.2, 0) is 15.1 Å². The van der Waals surface area contributed by atoms with Crippen LogP contribution in [0.25, 0.3) is 0 Å². The minimum Gasteiger partial charge on any atom is -0.381 e. The summed E-state index contributed by atoms with van der Waals surface area (Å²) < 4.78 is 5.43. The van der Waals surface area contributed by atoms with Crippen molar-refractivity contribution in [2.45, 2.75) is 25.3 Å². The molecule has 1 amide bonds. The first kappa shape index (κ1) is 23.2. The Hall–Kier alpha value is -0.850. The number of rotatable bonds is 4. The zero-order chi connectivity index (χ0) is 17.0. The van der Waals surface area contributed by atoms with Crippen LogP contribution in [0, 0.1) is 5.92 Å². The monoisotopic (exact) mass is 403 g/mol. The fraction of sp³-hybridized carbons (Fsp3) is 0.632. The largest absolute Gasteiger partial charge is 0.381 e. The second-order valence-electron chi connectivity index (χ2n) is 7.22. The van der Waals surface area contributed by atoms with Crippen molar-refractivity contribution in [2.75, 3.05) is 45.9 Å². The molecule has 3 rings (SSSR count). The molecular weight excluding hydrogens is 373 g/mol. The van der Waals surface area contributed by atoms with Crippen LogP contribution in [-0.4, -0.2) is 61.6 Å². The molecule has 0 bridgehead atoms. The highest BCUT2D eigenvalue weighted by Crippen LogP contribution is 2.22. The molecule has 1 unspecified atom stereocenters. The van der Waals surface area contributed by atoms with E-state index in [9.17, 15) is 4.79 Å². The zero-order valence-electron chi connectivity index (χ0n) is 15.4. The Kier molecular flexibility index (Phi) is 9.34. The van der Waals surface area contributed by atoms with Gasteiger partial charge in [-0.25, -0.2) is 0 Å². The summed E-state index contributed by atoms with van der Waals surface area (Å²) in [6.45, 7) is 8.14. The molecular formula is C19H31Cl2N3O2. The average molecular weight is 404 g/mol. The van der Waals surface area contributed by atoms with Gasteiger partial charge in [0.1, 0.15) is 5.54 Å². The Morgan fingerprint density at radius 1 is 1.12 bits per heavy atom. The van der Waals surface area contributed by atoms with Crippen molar-refractivity contribution < 1.29 is 9.53 Å². The topological polar surface area (TPSA) is 58.8 Å². The zero-order valence-corrected chi connectivity index (χ0v) is 17.1. The lowest BCUT2D eigenvalue weighted by atomic mass is 9.91. The normalized spacial score (nSPS) is 21.2. The first-order valence-electron chi connectivity index (χ1n) is 9.01. The molecule has 0 aromatic heterocycles. The number of piperazine rings is 1. The highest BCUT2D eigenvalue weighted by molar-refractivity contribution is 5.87. The van der Waals surface area contributed by atoms with E-state index < -0.39 is 5.54 Å². The van der Waals surface area contributed by atoms with Crippen LogP contribution in [0.5, 0.6) is 0 Å². The van der Waals surface area contributed by atoms with E-state index in [1.165, 1.54) is 0 Å². The number of nitrogens with two attached hydrogens (primary N) is 1. The fourth-order valence-corrected chi connectivity index (χ4v) is 3.66. The van der Waals surface area contributed by atoms with E-state index in [1.54, 1.807) is 0 Å². The smallest absolute Gasteiger partial charge is 0.247 e. The number of hydrogen-bond acceptors (Lipinski definition) is 4. The molecule has 2 aliphatic rings. The third-order valence-electron chi connectivity index (χ3n) is 5.33. The third-order valence-corrected chi connectivity index (χ3v) is 5.33. The molecule has 0 spiro atoms. The maximum Gasteiger partial charge on any atom is 0.247 e. The third kappa shape index (κ3) is 5.57. The van der Waals surface area contributed by atoms with Gasteiger partial charge in [-0.2, -0.15) is 0 Å². The lowest BCUT2D eigenvalue weighted by molar-refractivity contribution is -0.138. The van der Waals surface area contributed by atoms with E-state index in [0.29, 0.717) is 0 Å². The van der Waals surface area contributed by atoms with Gasteiger partial charge in [0.05, 0.1) is 0 Å². The Balaban J connectivity index is 0.00000169. The molecule has 1 aromatic carbocycles. The van der Waals surface area contributed by atoms with Crippen molar-refractivity contribution >= 4 is 30.7 Å². The highest BCUT2D eigenvalue weighted by Gasteiger charge is 2.35. The number of amides is 1. The number of halogens is 2. The Morgan fingerprint density at radius 2 is 1.69 bits per heavy atom. The van der Waals surface area contributed by atoms with Crippen molar-refractivity contribution in [1.29, 1.82) is 0 Å². The van der Waals surface area contributed by atoms with Gasteiger partial charge in [0.2, 0.25) is 5.91 Å². The second kappa shape index (κ2) is 10.5. The van der Waals surface area contributed by atoms with Crippen LogP contribution in [0.2, 0.25) is 0 Å². The van der Waals surface area contributed by atoms with Crippen molar-refractivity contribution in [2.24, 2.45) is 11.7 Å². The Morgan fingerprint density at radius 3 is 2.27 bits per heavy atom. The van der Waals surface area contributed by atoms with Crippen molar-refractivity contribution in [1.82, 2.24) is 9.80 Å². The lowest BCUT2D eigenvalue weighted by Crippen LogP contribution is -2.57. The maximum atomic E-state index is 12.9. The second-order valence-corrected chi connectivity index (χ2v) is 7.22. The van der Waals surface area contributed by atoms with Gasteiger partial charge in [-0.05, 0) is 31.2 Å². The van der Waals surface area contributed by atoms with Crippen LogP contribution in [0.15, 0.2) is 30.3 Å². The maximum absolute atomic E-state index is 12.9. The van der Waals surface area contributed by atoms with E-state index in [4.69, 9.17) is 10.5 Å². The van der Waals surface area contributed by atoms with E-state index >= 15 is 0 Å². The molecule has 1 aromatic rings.